The minimum absolute atomic E-state index is 0.0222. The van der Waals surface area contributed by atoms with Crippen LogP contribution >= 0.6 is 0 Å². The van der Waals surface area contributed by atoms with Gasteiger partial charge in [0.25, 0.3) is 0 Å². The van der Waals surface area contributed by atoms with Crippen LogP contribution in [0.15, 0.2) is 54.6 Å². The number of carbonyl (C=O) groups is 1. The zero-order chi connectivity index (χ0) is 24.5. The second-order valence-corrected chi connectivity index (χ2v) is 9.49. The molecule has 1 saturated heterocycles. The lowest BCUT2D eigenvalue weighted by Crippen LogP contribution is -2.47. The van der Waals surface area contributed by atoms with E-state index in [1.54, 1.807) is 64.3 Å². The summed E-state index contributed by atoms with van der Waals surface area (Å²) in [6, 6.07) is 16.2. The van der Waals surface area contributed by atoms with Crippen LogP contribution in [0.25, 0.3) is 16.9 Å². The third-order valence-corrected chi connectivity index (χ3v) is 5.87. The summed E-state index contributed by atoms with van der Waals surface area (Å²) in [5.74, 6) is 0.0984. The van der Waals surface area contributed by atoms with E-state index in [0.29, 0.717) is 17.0 Å². The molecule has 4 rings (SSSR count). The predicted molar refractivity (Wildman–Crippen MR) is 126 cm³/mol. The van der Waals surface area contributed by atoms with Crippen LogP contribution in [0.3, 0.4) is 0 Å². The molecule has 0 unspecified atom stereocenters. The van der Waals surface area contributed by atoms with Crippen molar-refractivity contribution < 1.29 is 23.8 Å². The number of ether oxygens (including phenoxy) is 2. The highest BCUT2D eigenvalue weighted by Gasteiger charge is 2.42. The summed E-state index contributed by atoms with van der Waals surface area (Å²) in [5.41, 5.74) is -0.596. The van der Waals surface area contributed by atoms with Crippen LogP contribution in [0.2, 0.25) is 0 Å². The van der Waals surface area contributed by atoms with Crippen molar-refractivity contribution in [3.05, 3.63) is 66.1 Å². The van der Waals surface area contributed by atoms with Crippen LogP contribution in [0.4, 0.5) is 9.18 Å². The monoisotopic (exact) mass is 467 g/mol. The Balaban J connectivity index is 1.69. The van der Waals surface area contributed by atoms with E-state index in [2.05, 4.69) is 5.10 Å². The summed E-state index contributed by atoms with van der Waals surface area (Å²) >= 11 is 0. The molecule has 1 N–H and O–H groups in total. The van der Waals surface area contributed by atoms with E-state index in [1.807, 2.05) is 18.2 Å². The van der Waals surface area contributed by atoms with Gasteiger partial charge in [0.05, 0.1) is 12.8 Å². The van der Waals surface area contributed by atoms with Crippen molar-refractivity contribution in [3.63, 3.8) is 0 Å². The van der Waals surface area contributed by atoms with Crippen molar-refractivity contribution in [2.24, 2.45) is 0 Å². The SMILES string of the molecule is COc1ccc(-n2nc(C3(O)CCN(C(=O)OC(C)(C)C)CC3)c(F)c2-c2ccccc2)cc1. The van der Waals surface area contributed by atoms with Gasteiger partial charge < -0.3 is 19.5 Å². The summed E-state index contributed by atoms with van der Waals surface area (Å²) in [7, 11) is 1.58. The number of halogens is 1. The number of methoxy groups -OCH3 is 1. The van der Waals surface area contributed by atoms with Gasteiger partial charge >= 0.3 is 6.09 Å². The molecule has 1 aromatic heterocycles. The Morgan fingerprint density at radius 1 is 1.06 bits per heavy atom. The van der Waals surface area contributed by atoms with Crippen molar-refractivity contribution in [1.82, 2.24) is 14.7 Å². The smallest absolute Gasteiger partial charge is 0.410 e. The molecule has 8 heteroatoms. The fraction of sp³-hybridized carbons (Fsp3) is 0.385. The largest absolute Gasteiger partial charge is 0.497 e. The minimum Gasteiger partial charge on any atom is -0.497 e. The van der Waals surface area contributed by atoms with Gasteiger partial charge in [-0.3, -0.25) is 0 Å². The first-order valence-electron chi connectivity index (χ1n) is 11.3. The number of piperidine rings is 1. The molecule has 2 heterocycles. The molecule has 0 radical (unpaired) electrons. The molecule has 1 fully saturated rings. The molecular formula is C26H30FN3O4. The summed E-state index contributed by atoms with van der Waals surface area (Å²) in [4.78, 5) is 14.0. The molecule has 0 saturated carbocycles. The standard InChI is InChI=1S/C26H30FN3O4/c1-25(2,3)34-24(31)29-16-14-26(32,15-17-29)23-21(27)22(18-8-6-5-7-9-18)30(28-23)19-10-12-20(33-4)13-11-19/h5-13,32H,14-17H2,1-4H3. The molecule has 1 aliphatic rings. The van der Waals surface area contributed by atoms with E-state index < -0.39 is 23.1 Å². The molecule has 3 aromatic rings. The first-order chi connectivity index (χ1) is 16.1. The van der Waals surface area contributed by atoms with Crippen LogP contribution in [0, 0.1) is 5.82 Å². The number of aromatic nitrogens is 2. The highest BCUT2D eigenvalue weighted by molar-refractivity contribution is 5.68. The molecule has 0 spiro atoms. The average molecular weight is 468 g/mol. The Kier molecular flexibility index (Phi) is 6.36. The van der Waals surface area contributed by atoms with E-state index in [0.717, 1.165) is 0 Å². The fourth-order valence-electron chi connectivity index (χ4n) is 4.07. The summed E-state index contributed by atoms with van der Waals surface area (Å²) in [5, 5.41) is 16.0. The first kappa shape index (κ1) is 23.8. The Bertz CT molecular complexity index is 1150. The highest BCUT2D eigenvalue weighted by atomic mass is 19.1. The Morgan fingerprint density at radius 3 is 2.24 bits per heavy atom. The number of likely N-dealkylation sites (tertiary alicyclic amines) is 1. The molecular weight excluding hydrogens is 437 g/mol. The maximum absolute atomic E-state index is 15.9. The number of aliphatic hydroxyl groups is 1. The molecule has 180 valence electrons. The molecule has 0 aliphatic carbocycles. The van der Waals surface area contributed by atoms with Crippen molar-refractivity contribution in [1.29, 1.82) is 0 Å². The van der Waals surface area contributed by atoms with E-state index in [1.165, 1.54) is 9.58 Å². The summed E-state index contributed by atoms with van der Waals surface area (Å²) < 4.78 is 28.1. The van der Waals surface area contributed by atoms with Crippen LogP contribution in [0.5, 0.6) is 5.75 Å². The van der Waals surface area contributed by atoms with Gasteiger partial charge in [-0.1, -0.05) is 30.3 Å². The molecule has 7 nitrogen and oxygen atoms in total. The van der Waals surface area contributed by atoms with Gasteiger partial charge in [-0.05, 0) is 57.9 Å². The Hall–Kier alpha value is -3.39. The van der Waals surface area contributed by atoms with Crippen LogP contribution in [-0.2, 0) is 10.3 Å². The quantitative estimate of drug-likeness (QED) is 0.590. The number of hydrogen-bond acceptors (Lipinski definition) is 5. The molecule has 0 atom stereocenters. The maximum Gasteiger partial charge on any atom is 0.410 e. The van der Waals surface area contributed by atoms with Gasteiger partial charge in [-0.2, -0.15) is 5.10 Å². The van der Waals surface area contributed by atoms with Crippen molar-refractivity contribution >= 4 is 6.09 Å². The van der Waals surface area contributed by atoms with E-state index in [9.17, 15) is 9.90 Å². The lowest BCUT2D eigenvalue weighted by Gasteiger charge is -2.37. The first-order valence-corrected chi connectivity index (χ1v) is 11.3. The van der Waals surface area contributed by atoms with Crippen molar-refractivity contribution in [3.8, 4) is 22.7 Å². The van der Waals surface area contributed by atoms with Gasteiger partial charge in [0.1, 0.15) is 28.3 Å². The molecule has 1 amide bonds. The number of rotatable bonds is 4. The molecule has 1 aliphatic heterocycles. The number of nitrogens with zero attached hydrogens (tertiary/aromatic N) is 3. The van der Waals surface area contributed by atoms with Crippen molar-refractivity contribution in [2.45, 2.75) is 44.8 Å². The topological polar surface area (TPSA) is 76.8 Å². The van der Waals surface area contributed by atoms with Crippen LogP contribution in [0.1, 0.15) is 39.3 Å². The maximum atomic E-state index is 15.9. The zero-order valence-electron chi connectivity index (χ0n) is 19.9. The van der Waals surface area contributed by atoms with Crippen LogP contribution in [-0.4, -0.2) is 51.7 Å². The molecule has 34 heavy (non-hydrogen) atoms. The highest BCUT2D eigenvalue weighted by Crippen LogP contribution is 2.38. The number of benzene rings is 2. The normalized spacial score (nSPS) is 15.8. The van der Waals surface area contributed by atoms with Gasteiger partial charge in [0, 0.05) is 18.7 Å². The fourth-order valence-corrected chi connectivity index (χ4v) is 4.07. The second kappa shape index (κ2) is 9.10. The van der Waals surface area contributed by atoms with Crippen LogP contribution < -0.4 is 4.74 Å². The molecule has 2 aromatic carbocycles. The van der Waals surface area contributed by atoms with Gasteiger partial charge in [0.15, 0.2) is 5.82 Å². The second-order valence-electron chi connectivity index (χ2n) is 9.49. The zero-order valence-corrected chi connectivity index (χ0v) is 19.9. The molecule has 0 bridgehead atoms. The lowest BCUT2D eigenvalue weighted by molar-refractivity contribution is -0.0401. The summed E-state index contributed by atoms with van der Waals surface area (Å²) in [6.07, 6.45) is -0.141. The third-order valence-electron chi connectivity index (χ3n) is 5.87. The van der Waals surface area contributed by atoms with Crippen molar-refractivity contribution in [2.75, 3.05) is 20.2 Å². The van der Waals surface area contributed by atoms with E-state index in [4.69, 9.17) is 9.47 Å². The lowest BCUT2D eigenvalue weighted by atomic mass is 9.87. The van der Waals surface area contributed by atoms with Gasteiger partial charge in [0.2, 0.25) is 0 Å². The average Bonchev–Trinajstić information content (AvgIpc) is 3.17. The Morgan fingerprint density at radius 2 is 1.68 bits per heavy atom. The summed E-state index contributed by atoms with van der Waals surface area (Å²) in [6.45, 7) is 5.88. The van der Waals surface area contributed by atoms with E-state index >= 15 is 4.39 Å². The van der Waals surface area contributed by atoms with E-state index in [-0.39, 0.29) is 37.3 Å². The van der Waals surface area contributed by atoms with Gasteiger partial charge in [-0.15, -0.1) is 0 Å². The van der Waals surface area contributed by atoms with Gasteiger partial charge in [-0.25, -0.2) is 13.9 Å². The minimum atomic E-state index is -1.51. The third kappa shape index (κ3) is 4.77. The number of hydrogen-bond donors (Lipinski definition) is 1. The Labute approximate surface area is 198 Å². The number of carbonyl (C=O) groups excluding carboxylic acids is 1. The predicted octanol–water partition coefficient (Wildman–Crippen LogP) is 4.91. The number of amides is 1.